The molecule has 2 rings (SSSR count). The van der Waals surface area contributed by atoms with Crippen molar-refractivity contribution in [2.24, 2.45) is 5.73 Å². The molecule has 0 saturated heterocycles. The highest BCUT2D eigenvalue weighted by atomic mass is 16.3. The van der Waals surface area contributed by atoms with E-state index in [1.165, 1.54) is 5.56 Å². The van der Waals surface area contributed by atoms with Crippen molar-refractivity contribution in [2.75, 3.05) is 13.6 Å². The molecule has 0 aliphatic rings. The summed E-state index contributed by atoms with van der Waals surface area (Å²) in [5.74, 6) is 1.83. The van der Waals surface area contributed by atoms with Crippen molar-refractivity contribution in [2.45, 2.75) is 19.5 Å². The number of aryl methyl sites for hydroxylation is 1. The third kappa shape index (κ3) is 2.97. The fourth-order valence-electron chi connectivity index (χ4n) is 2.04. The number of hydrogen-bond acceptors (Lipinski definition) is 4. The van der Waals surface area contributed by atoms with Crippen molar-refractivity contribution in [1.29, 1.82) is 0 Å². The summed E-state index contributed by atoms with van der Waals surface area (Å²) in [5.41, 5.74) is 7.02. The molecule has 96 valence electrons. The Hall–Kier alpha value is -1.65. The molecule has 1 unspecified atom stereocenters. The van der Waals surface area contributed by atoms with E-state index in [0.29, 0.717) is 6.54 Å². The van der Waals surface area contributed by atoms with Gasteiger partial charge in [0.05, 0.1) is 6.04 Å². The summed E-state index contributed by atoms with van der Waals surface area (Å²) in [6.45, 7) is 3.28. The Morgan fingerprint density at radius 1 is 1.39 bits per heavy atom. The Kier molecular flexibility index (Phi) is 4.12. The summed E-state index contributed by atoms with van der Waals surface area (Å²) >= 11 is 0. The lowest BCUT2D eigenvalue weighted by molar-refractivity contribution is 0.211. The average molecular weight is 245 g/mol. The van der Waals surface area contributed by atoms with Crippen LogP contribution in [0.4, 0.5) is 0 Å². The maximum atomic E-state index is 5.85. The summed E-state index contributed by atoms with van der Waals surface area (Å²) in [7, 11) is 2.04. The van der Waals surface area contributed by atoms with Gasteiger partial charge in [-0.1, -0.05) is 6.07 Å². The molecule has 2 aromatic heterocycles. The van der Waals surface area contributed by atoms with Gasteiger partial charge in [0, 0.05) is 25.5 Å². The van der Waals surface area contributed by atoms with Crippen LogP contribution in [0.3, 0.4) is 0 Å². The molecule has 0 saturated carbocycles. The van der Waals surface area contributed by atoms with Crippen LogP contribution < -0.4 is 5.73 Å². The van der Waals surface area contributed by atoms with Gasteiger partial charge in [0.15, 0.2) is 0 Å². The molecule has 0 aliphatic heterocycles. The second kappa shape index (κ2) is 5.80. The van der Waals surface area contributed by atoms with E-state index < -0.39 is 0 Å². The van der Waals surface area contributed by atoms with Crippen LogP contribution in [0.1, 0.15) is 23.1 Å². The third-order valence-electron chi connectivity index (χ3n) is 3.00. The summed E-state index contributed by atoms with van der Waals surface area (Å²) in [4.78, 5) is 6.29. The number of rotatable bonds is 5. The Morgan fingerprint density at radius 3 is 2.78 bits per heavy atom. The Bertz CT molecular complexity index is 481. The first-order chi connectivity index (χ1) is 8.70. The topological polar surface area (TPSA) is 55.3 Å². The second-order valence-electron chi connectivity index (χ2n) is 4.48. The van der Waals surface area contributed by atoms with Gasteiger partial charge in [0.25, 0.3) is 0 Å². The Morgan fingerprint density at radius 2 is 2.22 bits per heavy atom. The molecule has 1 atom stereocenters. The Balaban J connectivity index is 2.08. The highest BCUT2D eigenvalue weighted by molar-refractivity contribution is 5.12. The minimum absolute atomic E-state index is 0.0962. The number of aromatic nitrogens is 1. The van der Waals surface area contributed by atoms with Gasteiger partial charge in [-0.25, -0.2) is 0 Å². The first-order valence-corrected chi connectivity index (χ1v) is 6.06. The van der Waals surface area contributed by atoms with E-state index in [4.69, 9.17) is 10.2 Å². The molecule has 0 bridgehead atoms. The van der Waals surface area contributed by atoms with E-state index in [-0.39, 0.29) is 6.04 Å². The average Bonchev–Trinajstić information content (AvgIpc) is 2.78. The zero-order valence-electron chi connectivity index (χ0n) is 10.8. The second-order valence-corrected chi connectivity index (χ2v) is 4.48. The largest absolute Gasteiger partial charge is 0.465 e. The van der Waals surface area contributed by atoms with E-state index in [1.807, 2.05) is 38.4 Å². The molecule has 2 aromatic rings. The molecule has 0 aromatic carbocycles. The monoisotopic (exact) mass is 245 g/mol. The third-order valence-corrected chi connectivity index (χ3v) is 3.00. The van der Waals surface area contributed by atoms with Crippen LogP contribution in [0.15, 0.2) is 41.1 Å². The minimum atomic E-state index is 0.0962. The lowest BCUT2D eigenvalue weighted by Gasteiger charge is -2.25. The van der Waals surface area contributed by atoms with E-state index in [1.54, 1.807) is 6.20 Å². The summed E-state index contributed by atoms with van der Waals surface area (Å²) < 4.78 is 5.66. The van der Waals surface area contributed by atoms with Gasteiger partial charge in [-0.15, -0.1) is 0 Å². The molecule has 0 spiro atoms. The standard InChI is InChI=1S/C14H19N3O/c1-11-5-6-14(18-11)13(8-15)17(2)10-12-4-3-7-16-9-12/h3-7,9,13H,8,10,15H2,1-2H3. The van der Waals surface area contributed by atoms with Gasteiger partial charge in [-0.2, -0.15) is 0 Å². The molecule has 2 N–H and O–H groups in total. The van der Waals surface area contributed by atoms with Crippen LogP contribution in [0, 0.1) is 6.92 Å². The maximum absolute atomic E-state index is 5.85. The zero-order valence-corrected chi connectivity index (χ0v) is 10.8. The number of nitrogens with zero attached hydrogens (tertiary/aromatic N) is 2. The lowest BCUT2D eigenvalue weighted by Crippen LogP contribution is -2.29. The van der Waals surface area contributed by atoms with Gasteiger partial charge in [-0.05, 0) is 37.7 Å². The van der Waals surface area contributed by atoms with Crippen LogP contribution in [0.2, 0.25) is 0 Å². The normalized spacial score (nSPS) is 12.9. The molecular formula is C14H19N3O. The van der Waals surface area contributed by atoms with Crippen molar-refractivity contribution in [3.63, 3.8) is 0 Å². The first-order valence-electron chi connectivity index (χ1n) is 6.06. The van der Waals surface area contributed by atoms with Gasteiger partial charge in [0.2, 0.25) is 0 Å². The van der Waals surface area contributed by atoms with E-state index in [0.717, 1.165) is 18.1 Å². The molecule has 4 heteroatoms. The highest BCUT2D eigenvalue weighted by Gasteiger charge is 2.18. The number of likely N-dealkylation sites (N-methyl/N-ethyl adjacent to an activating group) is 1. The lowest BCUT2D eigenvalue weighted by atomic mass is 10.1. The quantitative estimate of drug-likeness (QED) is 0.876. The van der Waals surface area contributed by atoms with Crippen molar-refractivity contribution in [3.8, 4) is 0 Å². The van der Waals surface area contributed by atoms with E-state index in [9.17, 15) is 0 Å². The van der Waals surface area contributed by atoms with Gasteiger partial charge >= 0.3 is 0 Å². The van der Waals surface area contributed by atoms with Gasteiger partial charge in [0.1, 0.15) is 11.5 Å². The van der Waals surface area contributed by atoms with Crippen molar-refractivity contribution >= 4 is 0 Å². The fraction of sp³-hybridized carbons (Fsp3) is 0.357. The maximum Gasteiger partial charge on any atom is 0.122 e. The van der Waals surface area contributed by atoms with Crippen LogP contribution >= 0.6 is 0 Å². The summed E-state index contributed by atoms with van der Waals surface area (Å²) in [6, 6.07) is 8.06. The summed E-state index contributed by atoms with van der Waals surface area (Å²) in [6.07, 6.45) is 3.65. The molecule has 0 aliphatic carbocycles. The highest BCUT2D eigenvalue weighted by Crippen LogP contribution is 2.22. The zero-order chi connectivity index (χ0) is 13.0. The van der Waals surface area contributed by atoms with Gasteiger partial charge < -0.3 is 10.2 Å². The SMILES string of the molecule is Cc1ccc(C(CN)N(C)Cc2cccnc2)o1. The minimum Gasteiger partial charge on any atom is -0.465 e. The smallest absolute Gasteiger partial charge is 0.122 e. The van der Waals surface area contributed by atoms with E-state index >= 15 is 0 Å². The van der Waals surface area contributed by atoms with Crippen LogP contribution in [-0.2, 0) is 6.54 Å². The Labute approximate surface area is 107 Å². The van der Waals surface area contributed by atoms with Crippen molar-refractivity contribution in [3.05, 3.63) is 53.7 Å². The number of pyridine rings is 1. The molecule has 0 fully saturated rings. The van der Waals surface area contributed by atoms with Crippen molar-refractivity contribution < 1.29 is 4.42 Å². The fourth-order valence-corrected chi connectivity index (χ4v) is 2.04. The van der Waals surface area contributed by atoms with Crippen LogP contribution in [-0.4, -0.2) is 23.5 Å². The molecule has 0 radical (unpaired) electrons. The molecule has 18 heavy (non-hydrogen) atoms. The van der Waals surface area contributed by atoms with E-state index in [2.05, 4.69) is 16.0 Å². The number of nitrogens with two attached hydrogens (primary N) is 1. The number of hydrogen-bond donors (Lipinski definition) is 1. The number of furan rings is 1. The predicted molar refractivity (Wildman–Crippen MR) is 70.9 cm³/mol. The van der Waals surface area contributed by atoms with Crippen LogP contribution in [0.5, 0.6) is 0 Å². The predicted octanol–water partition coefficient (Wildman–Crippen LogP) is 2.11. The first kappa shape index (κ1) is 12.8. The van der Waals surface area contributed by atoms with Gasteiger partial charge in [-0.3, -0.25) is 9.88 Å². The molecule has 4 nitrogen and oxygen atoms in total. The summed E-state index contributed by atoms with van der Waals surface area (Å²) in [5, 5.41) is 0. The van der Waals surface area contributed by atoms with Crippen molar-refractivity contribution in [1.82, 2.24) is 9.88 Å². The van der Waals surface area contributed by atoms with Crippen LogP contribution in [0.25, 0.3) is 0 Å². The molecule has 2 heterocycles. The molecule has 0 amide bonds. The molecular weight excluding hydrogens is 226 g/mol.